The number of imidazole rings is 1. The predicted molar refractivity (Wildman–Crippen MR) is 56.6 cm³/mol. The molecule has 0 unspecified atom stereocenters. The number of nitrogens with zero attached hydrogens (tertiary/aromatic N) is 3. The first-order valence-electron chi connectivity index (χ1n) is 4.16. The van der Waals surface area contributed by atoms with Crippen LogP contribution in [0.15, 0.2) is 47.9 Å². The summed E-state index contributed by atoms with van der Waals surface area (Å²) in [6.07, 6.45) is 5.08. The molecule has 2 aromatic rings. The predicted octanol–water partition coefficient (Wildman–Crippen LogP) is 2.35. The Balaban J connectivity index is 2.22. The summed E-state index contributed by atoms with van der Waals surface area (Å²) in [6, 6.07) is 6.48. The summed E-state index contributed by atoms with van der Waals surface area (Å²) in [7, 11) is 0. The van der Waals surface area contributed by atoms with Gasteiger partial charge in [0.05, 0.1) is 4.92 Å². The van der Waals surface area contributed by atoms with Crippen LogP contribution in [0.2, 0.25) is 0 Å². The summed E-state index contributed by atoms with van der Waals surface area (Å²) < 4.78 is 1.78. The van der Waals surface area contributed by atoms with Crippen LogP contribution in [0, 0.1) is 10.1 Å². The molecule has 5 nitrogen and oxygen atoms in total. The van der Waals surface area contributed by atoms with Crippen LogP contribution in [-0.4, -0.2) is 13.9 Å². The molecule has 0 radical (unpaired) electrons. The number of aromatic nitrogens is 2. The molecule has 1 aromatic carbocycles. The van der Waals surface area contributed by atoms with Gasteiger partial charge in [-0.2, -0.15) is 0 Å². The van der Waals surface area contributed by atoms with Gasteiger partial charge in [0.15, 0.2) is 0 Å². The van der Waals surface area contributed by atoms with Gasteiger partial charge in [-0.05, 0) is 18.0 Å². The molecule has 0 saturated heterocycles. The van der Waals surface area contributed by atoms with E-state index in [2.05, 4.69) is 4.98 Å². The average Bonchev–Trinajstić information content (AvgIpc) is 2.71. The van der Waals surface area contributed by atoms with Crippen molar-refractivity contribution in [1.29, 1.82) is 0 Å². The summed E-state index contributed by atoms with van der Waals surface area (Å²) in [6.45, 7) is 0. The highest BCUT2D eigenvalue weighted by molar-refractivity contribution is 7.97. The Kier molecular flexibility index (Phi) is 2.68. The van der Waals surface area contributed by atoms with Gasteiger partial charge in [0.2, 0.25) is 0 Å². The van der Waals surface area contributed by atoms with E-state index in [1.54, 1.807) is 28.8 Å². The van der Waals surface area contributed by atoms with Crippen molar-refractivity contribution in [3.63, 3.8) is 0 Å². The molecule has 76 valence electrons. The molecule has 0 aliphatic rings. The van der Waals surface area contributed by atoms with E-state index in [-0.39, 0.29) is 5.69 Å². The first-order valence-corrected chi connectivity index (χ1v) is 4.94. The van der Waals surface area contributed by atoms with E-state index in [1.165, 1.54) is 24.1 Å². The Morgan fingerprint density at radius 1 is 1.47 bits per heavy atom. The maximum absolute atomic E-state index is 10.5. The quantitative estimate of drug-likeness (QED) is 0.589. The van der Waals surface area contributed by atoms with Crippen LogP contribution in [-0.2, 0) is 0 Å². The maximum atomic E-state index is 10.5. The lowest BCUT2D eigenvalue weighted by Crippen LogP contribution is -1.88. The number of non-ortho nitro benzene ring substituents is 1. The van der Waals surface area contributed by atoms with Crippen molar-refractivity contribution in [2.75, 3.05) is 0 Å². The number of hydrogen-bond donors (Lipinski definition) is 0. The van der Waals surface area contributed by atoms with Crippen molar-refractivity contribution in [2.45, 2.75) is 4.90 Å². The maximum Gasteiger partial charge on any atom is 0.270 e. The fourth-order valence-corrected chi connectivity index (χ4v) is 1.85. The van der Waals surface area contributed by atoms with Crippen molar-refractivity contribution >= 4 is 17.6 Å². The second kappa shape index (κ2) is 4.14. The molecule has 1 heterocycles. The van der Waals surface area contributed by atoms with Gasteiger partial charge in [0.1, 0.15) is 6.33 Å². The van der Waals surface area contributed by atoms with Crippen LogP contribution in [0.3, 0.4) is 0 Å². The van der Waals surface area contributed by atoms with E-state index in [4.69, 9.17) is 0 Å². The smallest absolute Gasteiger partial charge is 0.270 e. The second-order valence-corrected chi connectivity index (χ2v) is 3.84. The molecule has 0 atom stereocenters. The monoisotopic (exact) mass is 221 g/mol. The molecule has 0 aliphatic carbocycles. The zero-order chi connectivity index (χ0) is 10.7. The van der Waals surface area contributed by atoms with Crippen molar-refractivity contribution in [3.05, 3.63) is 53.1 Å². The fourth-order valence-electron chi connectivity index (χ4n) is 1.08. The van der Waals surface area contributed by atoms with Gasteiger partial charge in [0, 0.05) is 29.4 Å². The van der Waals surface area contributed by atoms with Gasteiger partial charge < -0.3 is 0 Å². The van der Waals surface area contributed by atoms with Crippen molar-refractivity contribution in [3.8, 4) is 0 Å². The third kappa shape index (κ3) is 2.35. The van der Waals surface area contributed by atoms with Gasteiger partial charge in [-0.3, -0.25) is 14.1 Å². The summed E-state index contributed by atoms with van der Waals surface area (Å²) in [5.41, 5.74) is 0.0973. The molecule has 15 heavy (non-hydrogen) atoms. The Labute approximate surface area is 90.0 Å². The highest BCUT2D eigenvalue weighted by Crippen LogP contribution is 2.23. The number of nitro groups is 1. The van der Waals surface area contributed by atoms with Crippen LogP contribution in [0.4, 0.5) is 5.69 Å². The largest absolute Gasteiger partial charge is 0.276 e. The van der Waals surface area contributed by atoms with Crippen LogP contribution in [0.25, 0.3) is 0 Å². The van der Waals surface area contributed by atoms with Gasteiger partial charge >= 0.3 is 0 Å². The minimum absolute atomic E-state index is 0.0973. The Bertz CT molecular complexity index is 470. The second-order valence-electron chi connectivity index (χ2n) is 2.77. The normalized spacial score (nSPS) is 10.1. The van der Waals surface area contributed by atoms with Gasteiger partial charge in [0.25, 0.3) is 5.69 Å². The third-order valence-corrected chi connectivity index (χ3v) is 2.61. The number of rotatable bonds is 3. The summed E-state index contributed by atoms with van der Waals surface area (Å²) in [4.78, 5) is 14.8. The highest BCUT2D eigenvalue weighted by Gasteiger charge is 2.06. The van der Waals surface area contributed by atoms with Crippen molar-refractivity contribution < 1.29 is 4.92 Å². The highest BCUT2D eigenvalue weighted by atomic mass is 32.2. The molecule has 2 rings (SSSR count). The number of benzene rings is 1. The molecular weight excluding hydrogens is 214 g/mol. The lowest BCUT2D eigenvalue weighted by molar-refractivity contribution is -0.385. The molecule has 1 aromatic heterocycles. The minimum atomic E-state index is -0.405. The van der Waals surface area contributed by atoms with E-state index in [0.29, 0.717) is 0 Å². The van der Waals surface area contributed by atoms with Gasteiger partial charge in [-0.25, -0.2) is 4.98 Å². The molecule has 0 aliphatic heterocycles. The van der Waals surface area contributed by atoms with Crippen molar-refractivity contribution in [1.82, 2.24) is 8.96 Å². The van der Waals surface area contributed by atoms with E-state index in [1.807, 2.05) is 6.07 Å². The van der Waals surface area contributed by atoms with E-state index in [0.717, 1.165) is 4.90 Å². The third-order valence-electron chi connectivity index (χ3n) is 1.72. The standard InChI is InChI=1S/C9H7N3O2S/c13-12(14)8-2-1-3-9(6-8)15-11-5-4-10-7-11/h1-7H. The first-order chi connectivity index (χ1) is 7.25. The number of hydrogen-bond acceptors (Lipinski definition) is 4. The van der Waals surface area contributed by atoms with Crippen LogP contribution in [0.1, 0.15) is 0 Å². The van der Waals surface area contributed by atoms with Crippen LogP contribution >= 0.6 is 11.9 Å². The lowest BCUT2D eigenvalue weighted by Gasteiger charge is -2.00. The Hall–Kier alpha value is -1.82. The molecule has 0 saturated carbocycles. The van der Waals surface area contributed by atoms with Crippen LogP contribution in [0.5, 0.6) is 0 Å². The van der Waals surface area contributed by atoms with Gasteiger partial charge in [-0.15, -0.1) is 0 Å². The molecule has 0 N–H and O–H groups in total. The van der Waals surface area contributed by atoms with Crippen LogP contribution < -0.4 is 0 Å². The lowest BCUT2D eigenvalue weighted by atomic mass is 10.3. The first kappa shape index (κ1) is 9.72. The molecule has 0 spiro atoms. The SMILES string of the molecule is O=[N+]([O-])c1cccc(Sn2ccnc2)c1. The Morgan fingerprint density at radius 3 is 3.00 bits per heavy atom. The average molecular weight is 221 g/mol. The zero-order valence-corrected chi connectivity index (χ0v) is 8.42. The summed E-state index contributed by atoms with van der Waals surface area (Å²) in [5, 5.41) is 10.5. The molecule has 0 bridgehead atoms. The minimum Gasteiger partial charge on any atom is -0.276 e. The summed E-state index contributed by atoms with van der Waals surface area (Å²) in [5.74, 6) is 0. The number of nitro benzene ring substituents is 1. The molecule has 0 amide bonds. The zero-order valence-electron chi connectivity index (χ0n) is 7.61. The van der Waals surface area contributed by atoms with Crippen molar-refractivity contribution in [2.24, 2.45) is 0 Å². The van der Waals surface area contributed by atoms with E-state index < -0.39 is 4.92 Å². The fraction of sp³-hybridized carbons (Fsp3) is 0. The summed E-state index contributed by atoms with van der Waals surface area (Å²) >= 11 is 1.38. The van der Waals surface area contributed by atoms with Gasteiger partial charge in [-0.1, -0.05) is 6.07 Å². The molecule has 6 heteroatoms. The van der Waals surface area contributed by atoms with E-state index in [9.17, 15) is 10.1 Å². The van der Waals surface area contributed by atoms with E-state index >= 15 is 0 Å². The molecular formula is C9H7N3O2S. The molecule has 0 fully saturated rings. The topological polar surface area (TPSA) is 61.0 Å². The Morgan fingerprint density at radius 2 is 2.33 bits per heavy atom.